The van der Waals surface area contributed by atoms with Crippen molar-refractivity contribution in [2.75, 3.05) is 12.3 Å². The molecule has 0 radical (unpaired) electrons. The SMILES string of the molecule is CC1(C)OC2[C@@H](O1)[C@H](n1ccc3c(O)ncnc31)O[C@@H]2COc1ccc2ccc(N)nc2c1. The van der Waals surface area contributed by atoms with Crippen LogP contribution in [0.15, 0.2) is 48.9 Å². The van der Waals surface area contributed by atoms with Gasteiger partial charge in [0.25, 0.3) is 0 Å². The number of benzene rings is 1. The second-order valence-corrected chi connectivity index (χ2v) is 8.69. The molecule has 10 heteroatoms. The van der Waals surface area contributed by atoms with Gasteiger partial charge in [0.1, 0.15) is 48.5 Å². The minimum atomic E-state index is -0.764. The molecule has 2 aliphatic heterocycles. The number of pyridine rings is 1. The monoisotopic (exact) mass is 449 g/mol. The zero-order valence-electron chi connectivity index (χ0n) is 18.1. The molecular formula is C23H23N5O5. The second-order valence-electron chi connectivity index (χ2n) is 8.69. The van der Waals surface area contributed by atoms with Crippen molar-refractivity contribution in [1.29, 1.82) is 0 Å². The maximum atomic E-state index is 10.1. The van der Waals surface area contributed by atoms with Crippen LogP contribution in [0.25, 0.3) is 21.9 Å². The van der Waals surface area contributed by atoms with Crippen molar-refractivity contribution < 1.29 is 24.1 Å². The molecule has 2 fully saturated rings. The van der Waals surface area contributed by atoms with E-state index in [0.717, 1.165) is 10.9 Å². The Morgan fingerprint density at radius 3 is 2.82 bits per heavy atom. The fourth-order valence-corrected chi connectivity index (χ4v) is 4.56. The number of nitrogens with two attached hydrogens (primary N) is 1. The van der Waals surface area contributed by atoms with Crippen molar-refractivity contribution in [3.05, 3.63) is 48.9 Å². The van der Waals surface area contributed by atoms with Crippen molar-refractivity contribution in [1.82, 2.24) is 19.5 Å². The van der Waals surface area contributed by atoms with Crippen LogP contribution in [-0.4, -0.2) is 55.3 Å². The minimum absolute atomic E-state index is 0.0809. The molecule has 1 unspecified atom stereocenters. The molecular weight excluding hydrogens is 426 g/mol. The highest BCUT2D eigenvalue weighted by molar-refractivity contribution is 5.81. The normalized spacial score (nSPS) is 26.1. The Balaban J connectivity index is 1.27. The average Bonchev–Trinajstić information content (AvgIpc) is 3.43. The molecule has 0 spiro atoms. The van der Waals surface area contributed by atoms with Gasteiger partial charge >= 0.3 is 0 Å². The largest absolute Gasteiger partial charge is 0.493 e. The summed E-state index contributed by atoms with van der Waals surface area (Å²) in [4.78, 5) is 12.5. The third kappa shape index (κ3) is 3.43. The van der Waals surface area contributed by atoms with E-state index in [0.29, 0.717) is 22.6 Å². The summed E-state index contributed by atoms with van der Waals surface area (Å²) >= 11 is 0. The van der Waals surface area contributed by atoms with Crippen LogP contribution in [0.4, 0.5) is 5.82 Å². The number of ether oxygens (including phenoxy) is 4. The summed E-state index contributed by atoms with van der Waals surface area (Å²) in [5.41, 5.74) is 7.13. The first-order valence-electron chi connectivity index (χ1n) is 10.7. The van der Waals surface area contributed by atoms with Crippen molar-refractivity contribution in [2.24, 2.45) is 0 Å². The molecule has 6 rings (SSSR count). The van der Waals surface area contributed by atoms with Gasteiger partial charge in [-0.2, -0.15) is 0 Å². The molecule has 0 bridgehead atoms. The van der Waals surface area contributed by atoms with Crippen LogP contribution in [0, 0.1) is 0 Å². The summed E-state index contributed by atoms with van der Waals surface area (Å²) in [6.45, 7) is 4.01. The molecule has 4 aromatic rings. The molecule has 5 heterocycles. The van der Waals surface area contributed by atoms with Crippen LogP contribution in [0.5, 0.6) is 11.6 Å². The van der Waals surface area contributed by atoms with Gasteiger partial charge in [-0.3, -0.25) is 0 Å². The Hall–Kier alpha value is -3.47. The highest BCUT2D eigenvalue weighted by Gasteiger charge is 2.56. The molecule has 0 saturated carbocycles. The molecule has 2 aliphatic rings. The Morgan fingerprint density at radius 1 is 1.12 bits per heavy atom. The summed E-state index contributed by atoms with van der Waals surface area (Å²) in [6.07, 6.45) is 1.51. The Labute approximate surface area is 188 Å². The first-order chi connectivity index (χ1) is 15.9. The molecule has 3 N–H and O–H groups in total. The summed E-state index contributed by atoms with van der Waals surface area (Å²) in [7, 11) is 0. The Bertz CT molecular complexity index is 1360. The van der Waals surface area contributed by atoms with E-state index in [1.165, 1.54) is 6.33 Å². The van der Waals surface area contributed by atoms with Gasteiger partial charge in [-0.15, -0.1) is 0 Å². The molecule has 33 heavy (non-hydrogen) atoms. The highest BCUT2D eigenvalue weighted by Crippen LogP contribution is 2.44. The summed E-state index contributed by atoms with van der Waals surface area (Å²) in [6, 6.07) is 11.1. The quantitative estimate of drug-likeness (QED) is 0.483. The van der Waals surface area contributed by atoms with Crippen molar-refractivity contribution in [2.45, 2.75) is 44.2 Å². The maximum absolute atomic E-state index is 10.1. The first-order valence-corrected chi connectivity index (χ1v) is 10.7. The van der Waals surface area contributed by atoms with Gasteiger partial charge in [-0.1, -0.05) is 0 Å². The van der Waals surface area contributed by atoms with Gasteiger partial charge in [-0.05, 0) is 44.2 Å². The van der Waals surface area contributed by atoms with E-state index >= 15 is 0 Å². The van der Waals surface area contributed by atoms with Crippen LogP contribution in [-0.2, 0) is 14.2 Å². The topological polar surface area (TPSA) is 127 Å². The number of nitrogen functional groups attached to an aromatic ring is 1. The number of nitrogens with zero attached hydrogens (tertiary/aromatic N) is 4. The van der Waals surface area contributed by atoms with E-state index < -0.39 is 12.0 Å². The summed E-state index contributed by atoms with van der Waals surface area (Å²) in [5, 5.41) is 11.6. The number of rotatable bonds is 4. The number of aromatic nitrogens is 4. The van der Waals surface area contributed by atoms with Gasteiger partial charge in [0.15, 0.2) is 12.0 Å². The van der Waals surface area contributed by atoms with Gasteiger partial charge in [0.2, 0.25) is 5.88 Å². The summed E-state index contributed by atoms with van der Waals surface area (Å²) < 4.78 is 26.6. The highest BCUT2D eigenvalue weighted by atomic mass is 16.8. The van der Waals surface area contributed by atoms with Crippen LogP contribution in [0.2, 0.25) is 0 Å². The Kier molecular flexibility index (Phi) is 4.44. The standard InChI is InChI=1S/C23H23N5O5/c1-23(2)32-18-16(10-30-13-5-3-12-4-6-17(24)27-15(12)9-13)31-22(19(18)33-23)28-8-7-14-20(28)25-11-26-21(14)29/h3-9,11,16,18-19,22H,10H2,1-2H3,(H2,24,27)(H,25,26,29)/t16-,18?,19-,22-/m1/s1. The van der Waals surface area contributed by atoms with Gasteiger partial charge in [-0.25, -0.2) is 15.0 Å². The predicted molar refractivity (Wildman–Crippen MR) is 119 cm³/mol. The van der Waals surface area contributed by atoms with Gasteiger partial charge < -0.3 is 34.4 Å². The molecule has 3 aromatic heterocycles. The first kappa shape index (κ1) is 20.2. The lowest BCUT2D eigenvalue weighted by atomic mass is 10.1. The van der Waals surface area contributed by atoms with Gasteiger partial charge in [0.05, 0.1) is 10.9 Å². The molecule has 2 saturated heterocycles. The van der Waals surface area contributed by atoms with Crippen LogP contribution < -0.4 is 10.5 Å². The molecule has 10 nitrogen and oxygen atoms in total. The molecule has 0 amide bonds. The number of hydrogen-bond donors (Lipinski definition) is 2. The third-order valence-corrected chi connectivity index (χ3v) is 5.99. The zero-order chi connectivity index (χ0) is 22.7. The Morgan fingerprint density at radius 2 is 1.94 bits per heavy atom. The van der Waals surface area contributed by atoms with Crippen LogP contribution in [0.3, 0.4) is 0 Å². The number of fused-ring (bicyclic) bond motifs is 3. The molecule has 0 aliphatic carbocycles. The number of hydrogen-bond acceptors (Lipinski definition) is 9. The van der Waals surface area contributed by atoms with E-state index in [2.05, 4.69) is 15.0 Å². The lowest BCUT2D eigenvalue weighted by molar-refractivity contribution is -0.198. The minimum Gasteiger partial charge on any atom is -0.493 e. The van der Waals surface area contributed by atoms with E-state index in [4.69, 9.17) is 24.7 Å². The fourth-order valence-electron chi connectivity index (χ4n) is 4.56. The average molecular weight is 449 g/mol. The number of anilines is 1. The van der Waals surface area contributed by atoms with Crippen LogP contribution in [0.1, 0.15) is 20.1 Å². The van der Waals surface area contributed by atoms with Gasteiger partial charge in [0, 0.05) is 17.6 Å². The van der Waals surface area contributed by atoms with Crippen molar-refractivity contribution in [3.63, 3.8) is 0 Å². The number of aromatic hydroxyl groups is 1. The maximum Gasteiger partial charge on any atom is 0.223 e. The third-order valence-electron chi connectivity index (χ3n) is 5.99. The van der Waals surface area contributed by atoms with Crippen molar-refractivity contribution in [3.8, 4) is 11.6 Å². The molecule has 4 atom stereocenters. The zero-order valence-corrected chi connectivity index (χ0v) is 18.1. The smallest absolute Gasteiger partial charge is 0.223 e. The van der Waals surface area contributed by atoms with Crippen molar-refractivity contribution >= 4 is 27.8 Å². The van der Waals surface area contributed by atoms with E-state index in [-0.39, 0.29) is 30.8 Å². The molecule has 170 valence electrons. The van der Waals surface area contributed by atoms with Crippen LogP contribution >= 0.6 is 0 Å². The second kappa shape index (κ2) is 7.27. The summed E-state index contributed by atoms with van der Waals surface area (Å²) in [5.74, 6) is 0.270. The van der Waals surface area contributed by atoms with E-state index in [9.17, 15) is 5.11 Å². The predicted octanol–water partition coefficient (Wildman–Crippen LogP) is 2.76. The van der Waals surface area contributed by atoms with E-state index in [1.54, 1.807) is 18.3 Å². The lowest BCUT2D eigenvalue weighted by Crippen LogP contribution is -2.33. The van der Waals surface area contributed by atoms with E-state index in [1.807, 2.05) is 42.7 Å². The molecule has 1 aromatic carbocycles. The lowest BCUT2D eigenvalue weighted by Gasteiger charge is -2.25. The fraction of sp³-hybridized carbons (Fsp3) is 0.348.